The number of benzene rings is 1. The number of nitro benzene ring substituents is 1. The van der Waals surface area contributed by atoms with Gasteiger partial charge in [-0.1, -0.05) is 6.07 Å². The topological polar surface area (TPSA) is 72.2 Å². The van der Waals surface area contributed by atoms with Crippen molar-refractivity contribution in [3.05, 3.63) is 34.4 Å². The van der Waals surface area contributed by atoms with Crippen LogP contribution in [-0.4, -0.2) is 22.8 Å². The van der Waals surface area contributed by atoms with Gasteiger partial charge in [0.25, 0.3) is 5.69 Å². The Kier molecular flexibility index (Phi) is 4.11. The van der Waals surface area contributed by atoms with Crippen LogP contribution in [0.2, 0.25) is 0 Å². The van der Waals surface area contributed by atoms with E-state index in [2.05, 4.69) is 5.32 Å². The fourth-order valence-corrected chi connectivity index (χ4v) is 1.36. The smallest absolute Gasteiger partial charge is 0.271 e. The van der Waals surface area contributed by atoms with Crippen LogP contribution in [0, 0.1) is 10.1 Å². The lowest BCUT2D eigenvalue weighted by atomic mass is 10.3. The molecule has 0 aliphatic heterocycles. The van der Waals surface area contributed by atoms with E-state index in [4.69, 9.17) is 0 Å². The minimum absolute atomic E-state index is 0.0306. The number of nitrogens with one attached hydrogen (secondary N) is 1. The number of amides is 1. The molecule has 1 aromatic carbocycles. The lowest BCUT2D eigenvalue weighted by Gasteiger charge is -2.03. The van der Waals surface area contributed by atoms with E-state index in [9.17, 15) is 14.9 Å². The van der Waals surface area contributed by atoms with Crippen LogP contribution in [0.5, 0.6) is 0 Å². The van der Waals surface area contributed by atoms with Gasteiger partial charge in [-0.15, -0.1) is 0 Å². The number of nitro groups is 1. The average molecular weight is 226 g/mol. The second-order valence-electron chi connectivity index (χ2n) is 2.79. The highest BCUT2D eigenvalue weighted by molar-refractivity contribution is 7.99. The summed E-state index contributed by atoms with van der Waals surface area (Å²) in [6.07, 6.45) is 1.81. The first-order valence-electron chi connectivity index (χ1n) is 4.16. The van der Waals surface area contributed by atoms with E-state index in [1.165, 1.54) is 30.0 Å². The Balaban J connectivity index is 2.73. The zero-order valence-corrected chi connectivity index (χ0v) is 8.91. The highest BCUT2D eigenvalue weighted by Gasteiger charge is 2.07. The van der Waals surface area contributed by atoms with E-state index in [1.54, 1.807) is 6.07 Å². The number of rotatable bonds is 4. The molecule has 0 aromatic heterocycles. The summed E-state index contributed by atoms with van der Waals surface area (Å²) < 4.78 is 0. The van der Waals surface area contributed by atoms with Crippen LogP contribution in [-0.2, 0) is 4.79 Å². The van der Waals surface area contributed by atoms with Crippen molar-refractivity contribution in [1.29, 1.82) is 0 Å². The fraction of sp³-hybridized carbons (Fsp3) is 0.222. The molecule has 0 aliphatic rings. The van der Waals surface area contributed by atoms with Gasteiger partial charge in [0.1, 0.15) is 0 Å². The summed E-state index contributed by atoms with van der Waals surface area (Å²) in [5.74, 6) is 0.172. The first kappa shape index (κ1) is 11.5. The molecule has 1 rings (SSSR count). The lowest BCUT2D eigenvalue weighted by molar-refractivity contribution is -0.384. The van der Waals surface area contributed by atoms with Crippen molar-refractivity contribution in [1.82, 2.24) is 0 Å². The summed E-state index contributed by atoms with van der Waals surface area (Å²) in [4.78, 5) is 21.1. The molecule has 1 amide bonds. The molecule has 1 aromatic rings. The molecule has 0 spiro atoms. The number of nitrogens with zero attached hydrogens (tertiary/aromatic N) is 1. The highest BCUT2D eigenvalue weighted by Crippen LogP contribution is 2.16. The molecule has 0 fully saturated rings. The second-order valence-corrected chi connectivity index (χ2v) is 3.65. The van der Waals surface area contributed by atoms with E-state index in [0.717, 1.165) is 0 Å². The SMILES string of the molecule is CSCC(=O)Nc1cccc([N+](=O)[O-])c1. The number of non-ortho nitro benzene ring substituents is 1. The van der Waals surface area contributed by atoms with Gasteiger partial charge in [-0.3, -0.25) is 14.9 Å². The minimum Gasteiger partial charge on any atom is -0.325 e. The Morgan fingerprint density at radius 1 is 1.60 bits per heavy atom. The third-order valence-electron chi connectivity index (χ3n) is 1.62. The molecule has 0 aliphatic carbocycles. The first-order chi connectivity index (χ1) is 7.13. The van der Waals surface area contributed by atoms with Gasteiger partial charge in [0, 0.05) is 17.8 Å². The van der Waals surface area contributed by atoms with Gasteiger partial charge in [0.15, 0.2) is 0 Å². The first-order valence-corrected chi connectivity index (χ1v) is 5.56. The summed E-state index contributed by atoms with van der Waals surface area (Å²) in [5.41, 5.74) is 0.417. The van der Waals surface area contributed by atoms with Gasteiger partial charge in [-0.25, -0.2) is 0 Å². The third-order valence-corrected chi connectivity index (χ3v) is 2.17. The van der Waals surface area contributed by atoms with Gasteiger partial charge in [-0.2, -0.15) is 11.8 Å². The standard InChI is InChI=1S/C9H10N2O3S/c1-15-6-9(12)10-7-3-2-4-8(5-7)11(13)14/h2-5H,6H2,1H3,(H,10,12). The zero-order valence-electron chi connectivity index (χ0n) is 8.10. The molecule has 0 heterocycles. The van der Waals surface area contributed by atoms with Crippen LogP contribution >= 0.6 is 11.8 Å². The molecule has 6 heteroatoms. The van der Waals surface area contributed by atoms with Gasteiger partial charge < -0.3 is 5.32 Å². The van der Waals surface area contributed by atoms with Gasteiger partial charge in [0.2, 0.25) is 5.91 Å². The fourth-order valence-electron chi connectivity index (χ4n) is 1.03. The van der Waals surface area contributed by atoms with Crippen molar-refractivity contribution < 1.29 is 9.72 Å². The minimum atomic E-state index is -0.496. The van der Waals surface area contributed by atoms with Crippen LogP contribution in [0.4, 0.5) is 11.4 Å². The van der Waals surface area contributed by atoms with Gasteiger partial charge in [0.05, 0.1) is 10.7 Å². The molecule has 0 saturated heterocycles. The number of anilines is 1. The highest BCUT2D eigenvalue weighted by atomic mass is 32.2. The van der Waals surface area contributed by atoms with Gasteiger partial charge in [-0.05, 0) is 12.3 Å². The van der Waals surface area contributed by atoms with E-state index in [1.807, 2.05) is 6.26 Å². The van der Waals surface area contributed by atoms with Crippen molar-refractivity contribution in [3.63, 3.8) is 0 Å². The molecule has 5 nitrogen and oxygen atoms in total. The lowest BCUT2D eigenvalue weighted by Crippen LogP contribution is -2.13. The van der Waals surface area contributed by atoms with Crippen LogP contribution in [0.15, 0.2) is 24.3 Å². The Morgan fingerprint density at radius 2 is 2.33 bits per heavy atom. The maximum Gasteiger partial charge on any atom is 0.271 e. The van der Waals surface area contributed by atoms with Crippen molar-refractivity contribution in [2.45, 2.75) is 0 Å². The number of thioether (sulfide) groups is 1. The summed E-state index contributed by atoms with van der Waals surface area (Å²) in [6.45, 7) is 0. The average Bonchev–Trinajstić information content (AvgIpc) is 2.18. The molecule has 1 N–H and O–H groups in total. The second kappa shape index (κ2) is 5.35. The Labute approximate surface area is 91.0 Å². The van der Waals surface area contributed by atoms with Crippen LogP contribution in [0.1, 0.15) is 0 Å². The normalized spacial score (nSPS) is 9.67. The van der Waals surface area contributed by atoms with Crippen LogP contribution in [0.25, 0.3) is 0 Å². The molecule has 0 radical (unpaired) electrons. The molecular formula is C9H10N2O3S. The quantitative estimate of drug-likeness (QED) is 0.628. The molecule has 0 unspecified atom stereocenters. The summed E-state index contributed by atoms with van der Waals surface area (Å²) >= 11 is 1.39. The molecule has 0 bridgehead atoms. The predicted octanol–water partition coefficient (Wildman–Crippen LogP) is 1.90. The number of carbonyl (C=O) groups excluding carboxylic acids is 1. The summed E-state index contributed by atoms with van der Waals surface area (Å²) in [5, 5.41) is 13.0. The van der Waals surface area contributed by atoms with E-state index in [-0.39, 0.29) is 11.6 Å². The number of hydrogen-bond donors (Lipinski definition) is 1. The molecular weight excluding hydrogens is 216 g/mol. The zero-order chi connectivity index (χ0) is 11.3. The maximum absolute atomic E-state index is 11.2. The molecule has 80 valence electrons. The third kappa shape index (κ3) is 3.59. The Bertz CT molecular complexity index is 381. The number of carbonyl (C=O) groups is 1. The largest absolute Gasteiger partial charge is 0.325 e. The summed E-state index contributed by atoms with van der Waals surface area (Å²) in [6, 6.07) is 5.86. The number of hydrogen-bond acceptors (Lipinski definition) is 4. The van der Waals surface area contributed by atoms with Crippen molar-refractivity contribution in [3.8, 4) is 0 Å². The van der Waals surface area contributed by atoms with Gasteiger partial charge >= 0.3 is 0 Å². The summed E-state index contributed by atoms with van der Waals surface area (Å²) in [7, 11) is 0. The van der Waals surface area contributed by atoms with E-state index < -0.39 is 4.92 Å². The van der Waals surface area contributed by atoms with Crippen molar-refractivity contribution >= 4 is 29.0 Å². The predicted molar refractivity (Wildman–Crippen MR) is 60.1 cm³/mol. The maximum atomic E-state index is 11.2. The van der Waals surface area contributed by atoms with E-state index in [0.29, 0.717) is 11.4 Å². The molecule has 0 atom stereocenters. The molecule has 0 saturated carbocycles. The Morgan fingerprint density at radius 3 is 2.93 bits per heavy atom. The monoisotopic (exact) mass is 226 g/mol. The Hall–Kier alpha value is -1.56. The van der Waals surface area contributed by atoms with Crippen LogP contribution in [0.3, 0.4) is 0 Å². The van der Waals surface area contributed by atoms with E-state index >= 15 is 0 Å². The van der Waals surface area contributed by atoms with Crippen molar-refractivity contribution in [2.75, 3.05) is 17.3 Å². The van der Waals surface area contributed by atoms with Crippen molar-refractivity contribution in [2.24, 2.45) is 0 Å². The van der Waals surface area contributed by atoms with Crippen LogP contribution < -0.4 is 5.32 Å². The molecule has 15 heavy (non-hydrogen) atoms.